The lowest BCUT2D eigenvalue weighted by atomic mass is 9.96. The molecule has 0 saturated heterocycles. The summed E-state index contributed by atoms with van der Waals surface area (Å²) in [5, 5.41) is 10.5. The van der Waals surface area contributed by atoms with Gasteiger partial charge in [0.05, 0.1) is 17.9 Å². The fourth-order valence-electron chi connectivity index (χ4n) is 3.57. The number of aromatic amines is 1. The number of para-hydroxylation sites is 1. The number of aromatic carboxylic acids is 1. The summed E-state index contributed by atoms with van der Waals surface area (Å²) < 4.78 is 5.82. The number of H-pyrrole nitrogens is 1. The summed E-state index contributed by atoms with van der Waals surface area (Å²) in [6, 6.07) is 11.4. The molecule has 27 heavy (non-hydrogen) atoms. The average Bonchev–Trinajstić information content (AvgIpc) is 3.03. The van der Waals surface area contributed by atoms with Gasteiger partial charge in [0, 0.05) is 16.5 Å². The predicted molar refractivity (Wildman–Crippen MR) is 109 cm³/mol. The zero-order valence-corrected chi connectivity index (χ0v) is 15.8. The highest BCUT2D eigenvalue weighted by Crippen LogP contribution is 2.38. The minimum Gasteiger partial charge on any atom is -0.493 e. The Balaban J connectivity index is 2.29. The normalized spacial score (nSPS) is 11.1. The van der Waals surface area contributed by atoms with E-state index in [9.17, 15) is 9.90 Å². The highest BCUT2D eigenvalue weighted by atomic mass is 16.5. The van der Waals surface area contributed by atoms with Crippen LogP contribution >= 0.6 is 0 Å². The van der Waals surface area contributed by atoms with Gasteiger partial charge in [-0.2, -0.15) is 0 Å². The third kappa shape index (κ3) is 3.69. The lowest BCUT2D eigenvalue weighted by molar-refractivity contribution is 0.0699. The van der Waals surface area contributed by atoms with Gasteiger partial charge in [0.1, 0.15) is 5.75 Å². The van der Waals surface area contributed by atoms with Crippen LogP contribution in [0.15, 0.2) is 36.4 Å². The molecule has 0 aliphatic carbocycles. The van der Waals surface area contributed by atoms with Crippen LogP contribution in [-0.4, -0.2) is 29.2 Å². The van der Waals surface area contributed by atoms with E-state index >= 15 is 0 Å². The first-order chi connectivity index (χ1) is 13.1. The third-order valence-electron chi connectivity index (χ3n) is 4.83. The molecular formula is C22H26N2O3. The SMILES string of the molecule is CCOc1ccccc1-c1[nH]c2c(C)ccc(C(=O)O)c2c1CCCCN. The maximum Gasteiger partial charge on any atom is 0.336 e. The van der Waals surface area contributed by atoms with Crippen LogP contribution in [0, 0.1) is 6.92 Å². The molecule has 0 aliphatic heterocycles. The molecule has 5 nitrogen and oxygen atoms in total. The molecule has 2 aromatic carbocycles. The molecule has 3 rings (SSSR count). The van der Waals surface area contributed by atoms with Crippen molar-refractivity contribution in [3.05, 3.63) is 53.1 Å². The molecule has 0 fully saturated rings. The summed E-state index contributed by atoms with van der Waals surface area (Å²) in [6.45, 7) is 5.14. The number of benzene rings is 2. The molecule has 0 aliphatic rings. The standard InChI is InChI=1S/C22H26N2O3/c1-3-27-18-10-5-4-8-15(18)21-16(9-6-7-13-23)19-17(22(25)26)12-11-14(2)20(19)24-21/h4-5,8,10-12,24H,3,6-7,9,13,23H2,1-2H3,(H,25,26). The van der Waals surface area contributed by atoms with Crippen LogP contribution in [-0.2, 0) is 6.42 Å². The van der Waals surface area contributed by atoms with Crippen LogP contribution in [0.3, 0.4) is 0 Å². The van der Waals surface area contributed by atoms with E-state index in [4.69, 9.17) is 10.5 Å². The van der Waals surface area contributed by atoms with Crippen molar-refractivity contribution in [2.24, 2.45) is 5.73 Å². The van der Waals surface area contributed by atoms with Gasteiger partial charge >= 0.3 is 5.97 Å². The number of nitrogens with one attached hydrogen (secondary N) is 1. The Hall–Kier alpha value is -2.79. The lowest BCUT2D eigenvalue weighted by Gasteiger charge is -2.11. The van der Waals surface area contributed by atoms with E-state index in [1.54, 1.807) is 6.07 Å². The predicted octanol–water partition coefficient (Wildman–Crippen LogP) is 4.52. The maximum absolute atomic E-state index is 11.9. The molecule has 3 aromatic rings. The second-order valence-electron chi connectivity index (χ2n) is 6.64. The van der Waals surface area contributed by atoms with Crippen molar-refractivity contribution in [1.82, 2.24) is 4.98 Å². The van der Waals surface area contributed by atoms with Gasteiger partial charge in [0.15, 0.2) is 0 Å². The molecule has 1 aromatic heterocycles. The van der Waals surface area contributed by atoms with E-state index in [0.717, 1.165) is 58.3 Å². The number of carbonyl (C=O) groups is 1. The Morgan fingerprint density at radius 1 is 1.19 bits per heavy atom. The van der Waals surface area contributed by atoms with Gasteiger partial charge in [-0.25, -0.2) is 4.79 Å². The van der Waals surface area contributed by atoms with Crippen molar-refractivity contribution in [2.75, 3.05) is 13.2 Å². The smallest absolute Gasteiger partial charge is 0.336 e. The van der Waals surface area contributed by atoms with Crippen molar-refractivity contribution >= 4 is 16.9 Å². The summed E-state index contributed by atoms with van der Waals surface area (Å²) >= 11 is 0. The number of unbranched alkanes of at least 4 members (excludes halogenated alkanes) is 1. The Bertz CT molecular complexity index is 960. The van der Waals surface area contributed by atoms with E-state index in [1.165, 1.54) is 0 Å². The molecule has 0 bridgehead atoms. The largest absolute Gasteiger partial charge is 0.493 e. The molecule has 1 heterocycles. The molecule has 4 N–H and O–H groups in total. The van der Waals surface area contributed by atoms with Crippen LogP contribution in [0.2, 0.25) is 0 Å². The van der Waals surface area contributed by atoms with Gasteiger partial charge in [-0.05, 0) is 69.0 Å². The van der Waals surface area contributed by atoms with Crippen LogP contribution in [0.5, 0.6) is 5.75 Å². The van der Waals surface area contributed by atoms with Crippen LogP contribution < -0.4 is 10.5 Å². The summed E-state index contributed by atoms with van der Waals surface area (Å²) in [5.41, 5.74) is 10.8. The first-order valence-electron chi connectivity index (χ1n) is 9.38. The fourth-order valence-corrected chi connectivity index (χ4v) is 3.57. The van der Waals surface area contributed by atoms with Crippen LogP contribution in [0.4, 0.5) is 0 Å². The number of rotatable bonds is 8. The van der Waals surface area contributed by atoms with Gasteiger partial charge in [-0.15, -0.1) is 0 Å². The number of ether oxygens (including phenoxy) is 1. The minimum absolute atomic E-state index is 0.328. The number of carboxylic acids is 1. The lowest BCUT2D eigenvalue weighted by Crippen LogP contribution is -2.02. The topological polar surface area (TPSA) is 88.3 Å². The van der Waals surface area contributed by atoms with Crippen LogP contribution in [0.1, 0.15) is 41.3 Å². The average molecular weight is 366 g/mol. The molecule has 0 saturated carbocycles. The Kier molecular flexibility index (Phi) is 5.81. The molecule has 0 atom stereocenters. The van der Waals surface area contributed by atoms with E-state index in [-0.39, 0.29) is 0 Å². The highest BCUT2D eigenvalue weighted by molar-refractivity contribution is 6.07. The van der Waals surface area contributed by atoms with Crippen molar-refractivity contribution < 1.29 is 14.6 Å². The maximum atomic E-state index is 11.9. The van der Waals surface area contributed by atoms with Crippen LogP contribution in [0.25, 0.3) is 22.2 Å². The zero-order chi connectivity index (χ0) is 19.4. The molecule has 0 unspecified atom stereocenters. The van der Waals surface area contributed by atoms with Gasteiger partial charge in [0.25, 0.3) is 0 Å². The van der Waals surface area contributed by atoms with Gasteiger partial charge in [-0.3, -0.25) is 0 Å². The number of aryl methyl sites for hydroxylation is 2. The van der Waals surface area contributed by atoms with E-state index < -0.39 is 5.97 Å². The zero-order valence-electron chi connectivity index (χ0n) is 15.8. The number of nitrogens with two attached hydrogens (primary N) is 1. The molecule has 5 heteroatoms. The second-order valence-corrected chi connectivity index (χ2v) is 6.64. The summed E-state index contributed by atoms with van der Waals surface area (Å²) in [6.07, 6.45) is 2.56. The number of hydrogen-bond acceptors (Lipinski definition) is 3. The van der Waals surface area contributed by atoms with Crippen molar-refractivity contribution in [1.29, 1.82) is 0 Å². The summed E-state index contributed by atoms with van der Waals surface area (Å²) in [5.74, 6) is -0.120. The summed E-state index contributed by atoms with van der Waals surface area (Å²) in [7, 11) is 0. The molecule has 0 amide bonds. The van der Waals surface area contributed by atoms with Crippen molar-refractivity contribution in [2.45, 2.75) is 33.1 Å². The first-order valence-corrected chi connectivity index (χ1v) is 9.38. The number of hydrogen-bond donors (Lipinski definition) is 3. The Morgan fingerprint density at radius 2 is 1.96 bits per heavy atom. The third-order valence-corrected chi connectivity index (χ3v) is 4.83. The number of carboxylic acid groups (broad SMARTS) is 1. The molecule has 0 spiro atoms. The van der Waals surface area contributed by atoms with Gasteiger partial charge in [-0.1, -0.05) is 18.2 Å². The number of fused-ring (bicyclic) bond motifs is 1. The first kappa shape index (κ1) is 19.0. The summed E-state index contributed by atoms with van der Waals surface area (Å²) in [4.78, 5) is 15.4. The van der Waals surface area contributed by atoms with Crippen molar-refractivity contribution in [3.8, 4) is 17.0 Å². The van der Waals surface area contributed by atoms with E-state index in [1.807, 2.05) is 44.2 Å². The number of aromatic nitrogens is 1. The minimum atomic E-state index is -0.913. The Morgan fingerprint density at radius 3 is 2.67 bits per heavy atom. The molecule has 0 radical (unpaired) electrons. The van der Waals surface area contributed by atoms with E-state index in [0.29, 0.717) is 18.7 Å². The second kappa shape index (κ2) is 8.27. The quantitative estimate of drug-likeness (QED) is 0.511. The van der Waals surface area contributed by atoms with E-state index in [2.05, 4.69) is 4.98 Å². The monoisotopic (exact) mass is 366 g/mol. The van der Waals surface area contributed by atoms with Gasteiger partial charge in [0.2, 0.25) is 0 Å². The fraction of sp³-hybridized carbons (Fsp3) is 0.318. The Labute approximate surface area is 159 Å². The van der Waals surface area contributed by atoms with Crippen molar-refractivity contribution in [3.63, 3.8) is 0 Å². The molecular weight excluding hydrogens is 340 g/mol. The highest BCUT2D eigenvalue weighted by Gasteiger charge is 2.21. The van der Waals surface area contributed by atoms with Gasteiger partial charge < -0.3 is 20.6 Å². The molecule has 142 valence electrons.